The van der Waals surface area contributed by atoms with Crippen molar-refractivity contribution in [3.63, 3.8) is 0 Å². The Morgan fingerprint density at radius 3 is 2.00 bits per heavy atom. The third-order valence-electron chi connectivity index (χ3n) is 4.74. The number of benzene rings is 2. The van der Waals surface area contributed by atoms with Crippen LogP contribution in [-0.4, -0.2) is 11.4 Å². The molecule has 0 saturated carbocycles. The van der Waals surface area contributed by atoms with Gasteiger partial charge in [0.25, 0.3) is 0 Å². The first-order valence-electron chi connectivity index (χ1n) is 7.75. The summed E-state index contributed by atoms with van der Waals surface area (Å²) in [5.41, 5.74) is 5.23. The SMILES string of the molecule is C=CCC1(CC=NO)c2ccccc2CCc2ccccc21. The van der Waals surface area contributed by atoms with Crippen LogP contribution < -0.4 is 0 Å². The van der Waals surface area contributed by atoms with Crippen molar-refractivity contribution in [1.82, 2.24) is 0 Å². The Balaban J connectivity index is 2.30. The molecule has 2 aromatic rings. The molecular weight excluding hydrogens is 270 g/mol. The van der Waals surface area contributed by atoms with Crippen molar-refractivity contribution in [3.8, 4) is 0 Å². The van der Waals surface area contributed by atoms with Crippen molar-refractivity contribution in [2.45, 2.75) is 31.1 Å². The monoisotopic (exact) mass is 291 g/mol. The van der Waals surface area contributed by atoms with Crippen molar-refractivity contribution < 1.29 is 5.21 Å². The minimum Gasteiger partial charge on any atom is -0.411 e. The first-order chi connectivity index (χ1) is 10.8. The molecule has 0 amide bonds. The second-order valence-electron chi connectivity index (χ2n) is 5.89. The van der Waals surface area contributed by atoms with Crippen molar-refractivity contribution in [3.05, 3.63) is 83.4 Å². The highest BCUT2D eigenvalue weighted by molar-refractivity contribution is 5.64. The van der Waals surface area contributed by atoms with Crippen LogP contribution in [0.1, 0.15) is 35.1 Å². The molecule has 2 heteroatoms. The summed E-state index contributed by atoms with van der Waals surface area (Å²) >= 11 is 0. The predicted molar refractivity (Wildman–Crippen MR) is 90.8 cm³/mol. The average molecular weight is 291 g/mol. The smallest absolute Gasteiger partial charge is 0.0448 e. The van der Waals surface area contributed by atoms with Crippen LogP contribution in [0.25, 0.3) is 0 Å². The summed E-state index contributed by atoms with van der Waals surface area (Å²) in [6.07, 6.45) is 7.17. The molecule has 112 valence electrons. The maximum atomic E-state index is 8.99. The fourth-order valence-corrected chi connectivity index (χ4v) is 3.79. The highest BCUT2D eigenvalue weighted by Gasteiger charge is 2.37. The summed E-state index contributed by atoms with van der Waals surface area (Å²) in [5.74, 6) is 0. The standard InChI is InChI=1S/C20H21NO/c1-2-13-20(14-15-21-22)18-9-5-3-7-16(18)11-12-17-8-4-6-10-19(17)20/h2-10,15,22H,1,11-14H2. The second-order valence-corrected chi connectivity index (χ2v) is 5.89. The van der Waals surface area contributed by atoms with Gasteiger partial charge in [0.05, 0.1) is 0 Å². The van der Waals surface area contributed by atoms with E-state index >= 15 is 0 Å². The van der Waals surface area contributed by atoms with Gasteiger partial charge in [0.1, 0.15) is 0 Å². The number of fused-ring (bicyclic) bond motifs is 2. The van der Waals surface area contributed by atoms with Crippen LogP contribution in [0, 0.1) is 0 Å². The molecule has 0 heterocycles. The van der Waals surface area contributed by atoms with Gasteiger partial charge in [-0.2, -0.15) is 0 Å². The highest BCUT2D eigenvalue weighted by atomic mass is 16.4. The molecule has 1 aliphatic carbocycles. The molecule has 1 aliphatic rings. The number of oxime groups is 1. The lowest BCUT2D eigenvalue weighted by Crippen LogP contribution is -2.29. The molecule has 2 nitrogen and oxygen atoms in total. The van der Waals surface area contributed by atoms with Gasteiger partial charge in [0.2, 0.25) is 0 Å². The lowest BCUT2D eigenvalue weighted by Gasteiger charge is -2.34. The third-order valence-corrected chi connectivity index (χ3v) is 4.74. The van der Waals surface area contributed by atoms with E-state index in [1.165, 1.54) is 22.3 Å². The molecule has 0 radical (unpaired) electrons. The topological polar surface area (TPSA) is 32.6 Å². The normalized spacial score (nSPS) is 15.8. The summed E-state index contributed by atoms with van der Waals surface area (Å²) in [4.78, 5) is 0. The molecule has 0 aromatic heterocycles. The van der Waals surface area contributed by atoms with E-state index in [2.05, 4.69) is 60.3 Å². The van der Waals surface area contributed by atoms with Crippen LogP contribution in [0.2, 0.25) is 0 Å². The van der Waals surface area contributed by atoms with Crippen molar-refractivity contribution in [1.29, 1.82) is 0 Å². The molecule has 1 N–H and O–H groups in total. The second kappa shape index (κ2) is 6.18. The Morgan fingerprint density at radius 1 is 0.955 bits per heavy atom. The molecule has 0 aliphatic heterocycles. The minimum absolute atomic E-state index is 0.197. The van der Waals surface area contributed by atoms with E-state index < -0.39 is 0 Å². The van der Waals surface area contributed by atoms with Gasteiger partial charge in [-0.15, -0.1) is 11.7 Å². The minimum atomic E-state index is -0.197. The van der Waals surface area contributed by atoms with E-state index in [0.717, 1.165) is 19.3 Å². The Morgan fingerprint density at radius 2 is 1.50 bits per heavy atom. The maximum Gasteiger partial charge on any atom is 0.0448 e. The summed E-state index contributed by atoms with van der Waals surface area (Å²) in [6.45, 7) is 3.98. The van der Waals surface area contributed by atoms with Crippen molar-refractivity contribution in [2.24, 2.45) is 5.16 Å². The average Bonchev–Trinajstić information content (AvgIpc) is 2.70. The molecule has 3 rings (SSSR count). The van der Waals surface area contributed by atoms with Crippen LogP contribution in [0.5, 0.6) is 0 Å². The van der Waals surface area contributed by atoms with E-state index in [-0.39, 0.29) is 5.41 Å². The van der Waals surface area contributed by atoms with Crippen molar-refractivity contribution in [2.75, 3.05) is 0 Å². The maximum absolute atomic E-state index is 8.99. The van der Waals surface area contributed by atoms with Gasteiger partial charge < -0.3 is 5.21 Å². The Bertz CT molecular complexity index is 655. The van der Waals surface area contributed by atoms with E-state index in [0.29, 0.717) is 6.42 Å². The van der Waals surface area contributed by atoms with Crippen LogP contribution >= 0.6 is 0 Å². The molecular formula is C20H21NO. The fraction of sp³-hybridized carbons (Fsp3) is 0.250. The lowest BCUT2D eigenvalue weighted by atomic mass is 9.68. The van der Waals surface area contributed by atoms with Crippen LogP contribution in [0.3, 0.4) is 0 Å². The van der Waals surface area contributed by atoms with Gasteiger partial charge in [-0.05, 0) is 41.5 Å². The summed E-state index contributed by atoms with van der Waals surface area (Å²) in [5, 5.41) is 12.3. The zero-order valence-corrected chi connectivity index (χ0v) is 12.7. The number of nitrogens with zero attached hydrogens (tertiary/aromatic N) is 1. The highest BCUT2D eigenvalue weighted by Crippen LogP contribution is 2.44. The Hall–Kier alpha value is -2.35. The zero-order chi connectivity index (χ0) is 15.4. The van der Waals surface area contributed by atoms with Crippen molar-refractivity contribution >= 4 is 6.21 Å². The molecule has 0 saturated heterocycles. The zero-order valence-electron chi connectivity index (χ0n) is 12.7. The quantitative estimate of drug-likeness (QED) is 0.382. The van der Waals surface area contributed by atoms with E-state index in [1.54, 1.807) is 6.21 Å². The molecule has 2 aromatic carbocycles. The molecule has 0 spiro atoms. The summed E-state index contributed by atoms with van der Waals surface area (Å²) < 4.78 is 0. The first kappa shape index (κ1) is 14.6. The number of hydrogen-bond acceptors (Lipinski definition) is 2. The van der Waals surface area contributed by atoms with Gasteiger partial charge >= 0.3 is 0 Å². The van der Waals surface area contributed by atoms with E-state index in [9.17, 15) is 0 Å². The van der Waals surface area contributed by atoms with E-state index in [4.69, 9.17) is 5.21 Å². The summed E-state index contributed by atoms with van der Waals surface area (Å²) in [6, 6.07) is 17.3. The van der Waals surface area contributed by atoms with Crippen LogP contribution in [0.15, 0.2) is 66.3 Å². The van der Waals surface area contributed by atoms with Gasteiger partial charge in [-0.25, -0.2) is 0 Å². The molecule has 0 bridgehead atoms. The van der Waals surface area contributed by atoms with Crippen LogP contribution in [0.4, 0.5) is 0 Å². The third kappa shape index (κ3) is 2.35. The van der Waals surface area contributed by atoms with Gasteiger partial charge in [0, 0.05) is 18.1 Å². The number of hydrogen-bond donors (Lipinski definition) is 1. The molecule has 0 atom stereocenters. The lowest BCUT2D eigenvalue weighted by molar-refractivity contribution is 0.319. The van der Waals surface area contributed by atoms with Gasteiger partial charge in [-0.1, -0.05) is 54.6 Å². The summed E-state index contributed by atoms with van der Waals surface area (Å²) in [7, 11) is 0. The van der Waals surface area contributed by atoms with Gasteiger partial charge in [0.15, 0.2) is 0 Å². The number of aryl methyl sites for hydroxylation is 2. The fourth-order valence-electron chi connectivity index (χ4n) is 3.79. The van der Waals surface area contributed by atoms with Crippen LogP contribution in [-0.2, 0) is 18.3 Å². The van der Waals surface area contributed by atoms with Gasteiger partial charge in [-0.3, -0.25) is 0 Å². The predicted octanol–water partition coefficient (Wildman–Crippen LogP) is 4.50. The molecule has 22 heavy (non-hydrogen) atoms. The number of rotatable bonds is 4. The number of allylic oxidation sites excluding steroid dienone is 1. The Kier molecular flexibility index (Phi) is 4.10. The Labute approximate surface area is 131 Å². The molecule has 0 fully saturated rings. The molecule has 0 unspecified atom stereocenters. The van der Waals surface area contributed by atoms with E-state index in [1.807, 2.05) is 6.08 Å². The first-order valence-corrected chi connectivity index (χ1v) is 7.75. The largest absolute Gasteiger partial charge is 0.411 e.